The van der Waals surface area contributed by atoms with Crippen LogP contribution in [0.4, 0.5) is 22.7 Å². The average Bonchev–Trinajstić information content (AvgIpc) is 3.41. The lowest BCUT2D eigenvalue weighted by Gasteiger charge is -2.42. The van der Waals surface area contributed by atoms with Crippen LogP contribution in [0, 0.1) is 6.92 Å². The second-order valence-corrected chi connectivity index (χ2v) is 13.6. The van der Waals surface area contributed by atoms with Crippen molar-refractivity contribution in [1.29, 1.82) is 0 Å². The molecule has 1 aromatic heterocycles. The first-order valence-corrected chi connectivity index (χ1v) is 14.2. The lowest BCUT2D eigenvalue weighted by molar-refractivity contribution is 0.541. The Bertz CT molecular complexity index is 1760. The molecule has 8 rings (SSSR count). The summed E-state index contributed by atoms with van der Waals surface area (Å²) in [5.41, 5.74) is 10.9. The highest BCUT2D eigenvalue weighted by Gasteiger charge is 2.50. The van der Waals surface area contributed by atoms with Crippen molar-refractivity contribution in [3.8, 4) is 16.4 Å². The van der Waals surface area contributed by atoms with Crippen molar-refractivity contribution in [2.45, 2.75) is 45.7 Å². The number of nitrogens with zero attached hydrogens (tertiary/aromatic N) is 2. The first-order chi connectivity index (χ1) is 17.3. The van der Waals surface area contributed by atoms with E-state index >= 15 is 0 Å². The van der Waals surface area contributed by atoms with Crippen LogP contribution in [0.25, 0.3) is 26.9 Å². The van der Waals surface area contributed by atoms with Gasteiger partial charge in [-0.05, 0) is 84.0 Å². The molecule has 36 heavy (non-hydrogen) atoms. The van der Waals surface area contributed by atoms with Gasteiger partial charge in [-0.1, -0.05) is 76.0 Å². The van der Waals surface area contributed by atoms with Crippen molar-refractivity contribution >= 4 is 40.8 Å². The Morgan fingerprint density at radius 3 is 2.28 bits per heavy atom. The van der Waals surface area contributed by atoms with E-state index in [1.54, 1.807) is 10.4 Å². The van der Waals surface area contributed by atoms with Crippen LogP contribution in [0.5, 0.6) is 0 Å². The van der Waals surface area contributed by atoms with Crippen molar-refractivity contribution in [2.75, 3.05) is 9.80 Å². The molecule has 5 aromatic rings. The molecule has 1 aliphatic carbocycles. The van der Waals surface area contributed by atoms with Gasteiger partial charge in [0.25, 0.3) is 0 Å². The monoisotopic (exact) mass is 484 g/mol. The van der Waals surface area contributed by atoms with Gasteiger partial charge < -0.3 is 9.80 Å². The number of hydrogen-bond donors (Lipinski definition) is 0. The van der Waals surface area contributed by atoms with Gasteiger partial charge in [-0.15, -0.1) is 0 Å². The summed E-state index contributed by atoms with van der Waals surface area (Å²) < 4.78 is 0. The highest BCUT2D eigenvalue weighted by Crippen LogP contribution is 2.74. The molecule has 0 fully saturated rings. The van der Waals surface area contributed by atoms with E-state index in [2.05, 4.69) is 129 Å². The quantitative estimate of drug-likeness (QED) is 0.234. The van der Waals surface area contributed by atoms with Crippen LogP contribution in [0.2, 0.25) is 0 Å². The number of hydrogen-bond acceptors (Lipinski definition) is 2. The summed E-state index contributed by atoms with van der Waals surface area (Å²) in [7, 11) is -0.617. The van der Waals surface area contributed by atoms with Crippen LogP contribution >= 0.6 is 7.53 Å². The summed E-state index contributed by atoms with van der Waals surface area (Å²) in [6.45, 7) is 11.9. The van der Waals surface area contributed by atoms with Crippen molar-refractivity contribution in [3.05, 3.63) is 101 Å². The summed E-state index contributed by atoms with van der Waals surface area (Å²) in [6.07, 6.45) is 0. The maximum Gasteiger partial charge on any atom is 0.116 e. The van der Waals surface area contributed by atoms with Crippen LogP contribution in [-0.4, -0.2) is 5.66 Å². The van der Waals surface area contributed by atoms with Gasteiger partial charge >= 0.3 is 0 Å². The van der Waals surface area contributed by atoms with Gasteiger partial charge in [0.2, 0.25) is 0 Å². The first-order valence-electron chi connectivity index (χ1n) is 12.9. The van der Waals surface area contributed by atoms with E-state index < -0.39 is 7.53 Å². The van der Waals surface area contributed by atoms with Gasteiger partial charge in [0, 0.05) is 21.5 Å². The summed E-state index contributed by atoms with van der Waals surface area (Å²) in [4.78, 5) is 5.19. The molecule has 0 N–H and O–H groups in total. The van der Waals surface area contributed by atoms with E-state index in [1.807, 2.05) is 0 Å². The van der Waals surface area contributed by atoms with Gasteiger partial charge in [-0.2, -0.15) is 0 Å². The second-order valence-electron chi connectivity index (χ2n) is 11.6. The van der Waals surface area contributed by atoms with Gasteiger partial charge in [-0.25, -0.2) is 0 Å². The fraction of sp³-hybridized carbons (Fsp3) is 0.212. The van der Waals surface area contributed by atoms with Crippen LogP contribution in [0.3, 0.4) is 0 Å². The molecule has 2 nitrogen and oxygen atoms in total. The molecule has 0 saturated heterocycles. The van der Waals surface area contributed by atoms with E-state index in [0.29, 0.717) is 0 Å². The third-order valence-corrected chi connectivity index (χ3v) is 11.7. The zero-order chi connectivity index (χ0) is 24.6. The summed E-state index contributed by atoms with van der Waals surface area (Å²) in [5.74, 6) is 0. The Hall–Kier alpha value is -3.48. The Morgan fingerprint density at radius 1 is 0.722 bits per heavy atom. The van der Waals surface area contributed by atoms with E-state index in [4.69, 9.17) is 0 Å². The molecular formula is C33H29N2P. The molecule has 2 aliphatic heterocycles. The molecule has 0 bridgehead atoms. The minimum atomic E-state index is -0.617. The Morgan fingerprint density at radius 2 is 1.47 bits per heavy atom. The number of fused-ring (bicyclic) bond motifs is 7. The number of para-hydroxylation sites is 2. The smallest absolute Gasteiger partial charge is 0.116 e. The van der Waals surface area contributed by atoms with E-state index in [-0.39, 0.29) is 11.1 Å². The molecule has 0 spiro atoms. The molecular weight excluding hydrogens is 455 g/mol. The summed E-state index contributed by atoms with van der Waals surface area (Å²) in [5, 5.41) is 6.19. The molecule has 176 valence electrons. The average molecular weight is 485 g/mol. The molecule has 0 saturated carbocycles. The van der Waals surface area contributed by atoms with Crippen LogP contribution in [0.15, 0.2) is 84.9 Å². The lowest BCUT2D eigenvalue weighted by Crippen LogP contribution is -2.48. The normalized spacial score (nSPS) is 17.9. The van der Waals surface area contributed by atoms with Gasteiger partial charge in [0.05, 0.1) is 17.1 Å². The number of anilines is 4. The Balaban J connectivity index is 1.55. The maximum absolute atomic E-state index is 2.65. The predicted octanol–water partition coefficient (Wildman–Crippen LogP) is 9.77. The molecule has 1 atom stereocenters. The molecule has 3 heteroatoms. The lowest BCUT2D eigenvalue weighted by atomic mass is 9.87. The minimum Gasteiger partial charge on any atom is -0.316 e. The highest BCUT2D eigenvalue weighted by molar-refractivity contribution is 7.64. The minimum absolute atomic E-state index is 0.0138. The van der Waals surface area contributed by atoms with Crippen LogP contribution in [0.1, 0.15) is 44.1 Å². The molecule has 1 unspecified atom stereocenters. The van der Waals surface area contributed by atoms with Gasteiger partial charge in [-0.3, -0.25) is 0 Å². The summed E-state index contributed by atoms with van der Waals surface area (Å²) in [6, 6.07) is 32.0. The van der Waals surface area contributed by atoms with Crippen LogP contribution in [-0.2, 0) is 5.41 Å². The Kier molecular flexibility index (Phi) is 3.70. The fourth-order valence-electron chi connectivity index (χ4n) is 7.41. The molecule has 0 amide bonds. The topological polar surface area (TPSA) is 6.48 Å². The van der Waals surface area contributed by atoms with Crippen molar-refractivity contribution in [3.63, 3.8) is 0 Å². The zero-order valence-corrected chi connectivity index (χ0v) is 22.3. The standard InChI is InChI=1S/C33H29N2P/c1-20-18-23-28-22-14-9-10-15-24(22)32(2,3)31(28)36-27-17-11-16-25-29(27)35(26(19-20)30(23)36)33(4,5)34(25)21-12-7-6-8-13-21/h6-19H,1-5H3. The molecule has 3 aliphatic rings. The van der Waals surface area contributed by atoms with E-state index in [0.717, 1.165) is 0 Å². The van der Waals surface area contributed by atoms with E-state index in [1.165, 1.54) is 55.7 Å². The van der Waals surface area contributed by atoms with Gasteiger partial charge in [0.15, 0.2) is 0 Å². The number of aryl methyl sites for hydroxylation is 1. The highest BCUT2D eigenvalue weighted by atomic mass is 31.1. The largest absolute Gasteiger partial charge is 0.316 e. The van der Waals surface area contributed by atoms with Gasteiger partial charge in [0.1, 0.15) is 5.66 Å². The Labute approximate surface area is 213 Å². The third-order valence-electron chi connectivity index (χ3n) is 8.70. The van der Waals surface area contributed by atoms with Crippen LogP contribution < -0.4 is 9.80 Å². The van der Waals surface area contributed by atoms with Crippen molar-refractivity contribution in [2.24, 2.45) is 0 Å². The van der Waals surface area contributed by atoms with Crippen molar-refractivity contribution < 1.29 is 0 Å². The van der Waals surface area contributed by atoms with Crippen molar-refractivity contribution in [1.82, 2.24) is 0 Å². The third kappa shape index (κ3) is 2.22. The number of benzene rings is 4. The molecule has 3 heterocycles. The number of rotatable bonds is 1. The fourth-order valence-corrected chi connectivity index (χ4v) is 10.7. The maximum atomic E-state index is 2.65. The SMILES string of the molecule is Cc1cc2c3c(c1)c1c(p3-c3cccc4c3N2C(C)(C)N4c2ccccc2)C(C)(C)c2ccccc2-1. The predicted molar refractivity (Wildman–Crippen MR) is 155 cm³/mol. The first kappa shape index (κ1) is 20.7. The zero-order valence-electron chi connectivity index (χ0n) is 21.4. The van der Waals surface area contributed by atoms with E-state index in [9.17, 15) is 0 Å². The molecule has 0 radical (unpaired) electrons. The molecule has 4 aromatic carbocycles. The second kappa shape index (κ2) is 6.44. The summed E-state index contributed by atoms with van der Waals surface area (Å²) >= 11 is 0.